The quantitative estimate of drug-likeness (QED) is 0.814. The topological polar surface area (TPSA) is 51.0 Å². The van der Waals surface area contributed by atoms with Gasteiger partial charge in [-0.25, -0.2) is 4.68 Å². The molecule has 0 aliphatic rings. The van der Waals surface area contributed by atoms with Gasteiger partial charge in [0.1, 0.15) is 0 Å². The molecular weight excluding hydrogens is 240 g/mol. The molecule has 0 unspecified atom stereocenters. The lowest BCUT2D eigenvalue weighted by Crippen LogP contribution is -2.23. The van der Waals surface area contributed by atoms with E-state index in [0.29, 0.717) is 16.3 Å². The van der Waals surface area contributed by atoms with E-state index in [9.17, 15) is 4.79 Å². The number of aromatic nitrogens is 3. The summed E-state index contributed by atoms with van der Waals surface area (Å²) in [4.78, 5) is 13.5. The van der Waals surface area contributed by atoms with Crippen LogP contribution in [0.4, 0.5) is 0 Å². The van der Waals surface area contributed by atoms with Gasteiger partial charge in [0.2, 0.25) is 0 Å². The number of rotatable bonds is 2. The Balaban J connectivity index is 2.61. The standard InChI is InChI=1S/C11H11ClN4O/c1-15(2)11(17)8-4-3-5-9(12)10(8)16-7-6-13-14-16/h3-7H,1-2H3. The van der Waals surface area contributed by atoms with Crippen LogP contribution < -0.4 is 0 Å². The minimum absolute atomic E-state index is 0.127. The molecule has 2 aromatic rings. The lowest BCUT2D eigenvalue weighted by molar-refractivity contribution is 0.0827. The van der Waals surface area contributed by atoms with Gasteiger partial charge in [-0.05, 0) is 12.1 Å². The zero-order chi connectivity index (χ0) is 12.4. The van der Waals surface area contributed by atoms with Crippen LogP contribution in [0.25, 0.3) is 5.69 Å². The second-order valence-electron chi connectivity index (χ2n) is 3.68. The van der Waals surface area contributed by atoms with Crippen molar-refractivity contribution in [2.45, 2.75) is 0 Å². The van der Waals surface area contributed by atoms with Gasteiger partial charge in [0.25, 0.3) is 5.91 Å². The Hall–Kier alpha value is -1.88. The second kappa shape index (κ2) is 4.55. The van der Waals surface area contributed by atoms with Crippen molar-refractivity contribution in [2.75, 3.05) is 14.1 Å². The molecule has 0 aliphatic heterocycles. The third-order valence-corrected chi connectivity index (χ3v) is 2.58. The van der Waals surface area contributed by atoms with Gasteiger partial charge in [-0.15, -0.1) is 5.10 Å². The third-order valence-electron chi connectivity index (χ3n) is 2.28. The van der Waals surface area contributed by atoms with E-state index in [2.05, 4.69) is 10.3 Å². The Morgan fingerprint density at radius 1 is 1.41 bits per heavy atom. The van der Waals surface area contributed by atoms with Crippen molar-refractivity contribution in [1.82, 2.24) is 19.9 Å². The van der Waals surface area contributed by atoms with Crippen LogP contribution in [0.2, 0.25) is 5.02 Å². The van der Waals surface area contributed by atoms with Gasteiger partial charge in [-0.1, -0.05) is 22.9 Å². The summed E-state index contributed by atoms with van der Waals surface area (Å²) in [6, 6.07) is 5.16. The summed E-state index contributed by atoms with van der Waals surface area (Å²) in [5.74, 6) is -0.127. The SMILES string of the molecule is CN(C)C(=O)c1cccc(Cl)c1-n1ccnn1. The molecule has 0 N–H and O–H groups in total. The Labute approximate surface area is 104 Å². The molecule has 88 valence electrons. The minimum Gasteiger partial charge on any atom is -0.345 e. The fourth-order valence-corrected chi connectivity index (χ4v) is 1.75. The van der Waals surface area contributed by atoms with E-state index in [4.69, 9.17) is 11.6 Å². The van der Waals surface area contributed by atoms with E-state index in [-0.39, 0.29) is 5.91 Å². The van der Waals surface area contributed by atoms with E-state index < -0.39 is 0 Å². The van der Waals surface area contributed by atoms with Gasteiger partial charge < -0.3 is 4.90 Å². The molecule has 1 heterocycles. The predicted molar refractivity (Wildman–Crippen MR) is 64.4 cm³/mol. The van der Waals surface area contributed by atoms with Crippen molar-refractivity contribution < 1.29 is 4.79 Å². The number of carbonyl (C=O) groups excluding carboxylic acids is 1. The van der Waals surface area contributed by atoms with Gasteiger partial charge >= 0.3 is 0 Å². The van der Waals surface area contributed by atoms with E-state index in [1.807, 2.05) is 0 Å². The van der Waals surface area contributed by atoms with Gasteiger partial charge in [0.05, 0.1) is 28.7 Å². The first-order chi connectivity index (χ1) is 8.11. The summed E-state index contributed by atoms with van der Waals surface area (Å²) in [7, 11) is 3.38. The highest BCUT2D eigenvalue weighted by Crippen LogP contribution is 2.24. The normalized spacial score (nSPS) is 10.3. The maximum atomic E-state index is 12.0. The highest BCUT2D eigenvalue weighted by Gasteiger charge is 2.17. The van der Waals surface area contributed by atoms with Crippen LogP contribution in [-0.4, -0.2) is 39.9 Å². The summed E-state index contributed by atoms with van der Waals surface area (Å²) >= 11 is 6.11. The van der Waals surface area contributed by atoms with Gasteiger partial charge in [0.15, 0.2) is 0 Å². The number of carbonyl (C=O) groups is 1. The van der Waals surface area contributed by atoms with Crippen LogP contribution >= 0.6 is 11.6 Å². The van der Waals surface area contributed by atoms with Crippen LogP contribution in [0.15, 0.2) is 30.6 Å². The molecule has 0 atom stereocenters. The molecule has 0 spiro atoms. The maximum Gasteiger partial charge on any atom is 0.255 e. The Kier molecular flexibility index (Phi) is 3.10. The Morgan fingerprint density at radius 2 is 2.18 bits per heavy atom. The average Bonchev–Trinajstić information content (AvgIpc) is 2.80. The average molecular weight is 251 g/mol. The number of hydrogen-bond donors (Lipinski definition) is 0. The number of halogens is 1. The molecule has 0 saturated carbocycles. The van der Waals surface area contributed by atoms with Crippen LogP contribution in [0.3, 0.4) is 0 Å². The second-order valence-corrected chi connectivity index (χ2v) is 4.09. The molecule has 0 radical (unpaired) electrons. The third kappa shape index (κ3) is 2.14. The van der Waals surface area contributed by atoms with Crippen molar-refractivity contribution in [3.63, 3.8) is 0 Å². The van der Waals surface area contributed by atoms with Crippen LogP contribution in [0.1, 0.15) is 10.4 Å². The van der Waals surface area contributed by atoms with Gasteiger partial charge in [0, 0.05) is 14.1 Å². The molecule has 0 saturated heterocycles. The molecule has 0 bridgehead atoms. The predicted octanol–water partition coefficient (Wildman–Crippen LogP) is 1.62. The molecule has 17 heavy (non-hydrogen) atoms. The fourth-order valence-electron chi connectivity index (χ4n) is 1.49. The van der Waals surface area contributed by atoms with Crippen molar-refractivity contribution in [3.05, 3.63) is 41.2 Å². The largest absolute Gasteiger partial charge is 0.345 e. The van der Waals surface area contributed by atoms with Crippen molar-refractivity contribution >= 4 is 17.5 Å². The van der Waals surface area contributed by atoms with Crippen molar-refractivity contribution in [2.24, 2.45) is 0 Å². The van der Waals surface area contributed by atoms with E-state index in [1.165, 1.54) is 15.8 Å². The molecule has 1 aromatic heterocycles. The van der Waals surface area contributed by atoms with Crippen molar-refractivity contribution in [1.29, 1.82) is 0 Å². The van der Waals surface area contributed by atoms with E-state index in [0.717, 1.165) is 0 Å². The first-order valence-corrected chi connectivity index (χ1v) is 5.36. The maximum absolute atomic E-state index is 12.0. The zero-order valence-electron chi connectivity index (χ0n) is 9.46. The van der Waals surface area contributed by atoms with Crippen LogP contribution in [0, 0.1) is 0 Å². The molecular formula is C11H11ClN4O. The smallest absolute Gasteiger partial charge is 0.255 e. The highest BCUT2D eigenvalue weighted by atomic mass is 35.5. The van der Waals surface area contributed by atoms with Crippen LogP contribution in [0.5, 0.6) is 0 Å². The molecule has 0 fully saturated rings. The minimum atomic E-state index is -0.127. The summed E-state index contributed by atoms with van der Waals surface area (Å²) in [5, 5.41) is 8.04. The number of para-hydroxylation sites is 1. The molecule has 5 nitrogen and oxygen atoms in total. The molecule has 0 aliphatic carbocycles. The first kappa shape index (κ1) is 11.6. The number of nitrogens with zero attached hydrogens (tertiary/aromatic N) is 4. The molecule has 1 aromatic carbocycles. The first-order valence-electron chi connectivity index (χ1n) is 4.98. The fraction of sp³-hybridized carbons (Fsp3) is 0.182. The lowest BCUT2D eigenvalue weighted by Gasteiger charge is -2.14. The number of amides is 1. The summed E-state index contributed by atoms with van der Waals surface area (Å²) in [5.41, 5.74) is 1.04. The van der Waals surface area contributed by atoms with Gasteiger partial charge in [-0.2, -0.15) is 0 Å². The van der Waals surface area contributed by atoms with E-state index in [1.54, 1.807) is 38.5 Å². The molecule has 2 rings (SSSR count). The molecule has 1 amide bonds. The highest BCUT2D eigenvalue weighted by molar-refractivity contribution is 6.33. The number of hydrogen-bond acceptors (Lipinski definition) is 3. The van der Waals surface area contributed by atoms with Crippen molar-refractivity contribution in [3.8, 4) is 5.69 Å². The summed E-state index contributed by atoms with van der Waals surface area (Å²) in [6.07, 6.45) is 3.18. The monoisotopic (exact) mass is 250 g/mol. The van der Waals surface area contributed by atoms with Gasteiger partial charge in [-0.3, -0.25) is 4.79 Å². The number of benzene rings is 1. The summed E-state index contributed by atoms with van der Waals surface area (Å²) in [6.45, 7) is 0. The van der Waals surface area contributed by atoms with Crippen LogP contribution in [-0.2, 0) is 0 Å². The Morgan fingerprint density at radius 3 is 2.76 bits per heavy atom. The summed E-state index contributed by atoms with van der Waals surface area (Å²) < 4.78 is 1.49. The zero-order valence-corrected chi connectivity index (χ0v) is 10.2. The van der Waals surface area contributed by atoms with E-state index >= 15 is 0 Å². The Bertz CT molecular complexity index is 536. The molecule has 6 heteroatoms. The lowest BCUT2D eigenvalue weighted by atomic mass is 10.1.